The lowest BCUT2D eigenvalue weighted by atomic mass is 10.2. The van der Waals surface area contributed by atoms with Gasteiger partial charge in [-0.15, -0.1) is 0 Å². The van der Waals surface area contributed by atoms with Crippen LogP contribution in [0.1, 0.15) is 12.0 Å². The summed E-state index contributed by atoms with van der Waals surface area (Å²) in [6.07, 6.45) is -3.12. The highest BCUT2D eigenvalue weighted by atomic mass is 19.3. The maximum absolute atomic E-state index is 13.5. The Morgan fingerprint density at radius 3 is 2.50 bits per heavy atom. The fourth-order valence-corrected chi connectivity index (χ4v) is 1.43. The predicted molar refractivity (Wildman–Crippen MR) is 62.7 cm³/mol. The molecule has 0 amide bonds. The summed E-state index contributed by atoms with van der Waals surface area (Å²) in [7, 11) is 0. The number of aliphatic carboxylic acids is 1. The number of nitrogens with zero attached hydrogens (tertiary/aromatic N) is 2. The van der Waals surface area contributed by atoms with Crippen LogP contribution in [0.25, 0.3) is 11.4 Å². The molecule has 0 aliphatic rings. The molecule has 0 spiro atoms. The van der Waals surface area contributed by atoms with Gasteiger partial charge >= 0.3 is 11.9 Å². The molecule has 0 fully saturated rings. The number of aromatic nitrogens is 3. The molecule has 4 N–H and O–H groups in total. The van der Waals surface area contributed by atoms with E-state index >= 15 is 0 Å². The van der Waals surface area contributed by atoms with E-state index in [1.54, 1.807) is 0 Å². The number of nitrogens with one attached hydrogen (secondary N) is 1. The Morgan fingerprint density at radius 1 is 1.35 bits per heavy atom. The fraction of sp³-hybridized carbons (Fsp3) is 0.182. The summed E-state index contributed by atoms with van der Waals surface area (Å²) < 4.78 is 39.5. The van der Waals surface area contributed by atoms with E-state index in [4.69, 9.17) is 10.8 Å². The number of nitrogen functional groups attached to an aromatic ring is 1. The SMILES string of the molecule is Nc1ccc(-c2n[nH]c(C(F)C(F)(F)C(=O)O)n2)cc1. The molecular weight excluding hydrogens is 277 g/mol. The predicted octanol–water partition coefficient (Wildman–Crippen LogP) is 1.78. The highest BCUT2D eigenvalue weighted by Crippen LogP contribution is 2.33. The molecule has 0 saturated heterocycles. The highest BCUT2D eigenvalue weighted by molar-refractivity contribution is 5.76. The van der Waals surface area contributed by atoms with Gasteiger partial charge in [0.25, 0.3) is 0 Å². The van der Waals surface area contributed by atoms with Crippen molar-refractivity contribution in [2.24, 2.45) is 0 Å². The lowest BCUT2D eigenvalue weighted by Crippen LogP contribution is -2.34. The minimum absolute atomic E-state index is 0.0381. The van der Waals surface area contributed by atoms with Crippen molar-refractivity contribution in [1.29, 1.82) is 0 Å². The number of rotatable bonds is 4. The minimum Gasteiger partial charge on any atom is -0.477 e. The summed E-state index contributed by atoms with van der Waals surface area (Å²) in [6.45, 7) is 0. The average Bonchev–Trinajstić information content (AvgIpc) is 2.88. The molecule has 1 heterocycles. The monoisotopic (exact) mass is 286 g/mol. The van der Waals surface area contributed by atoms with Crippen LogP contribution in [0, 0.1) is 0 Å². The van der Waals surface area contributed by atoms with E-state index in [1.165, 1.54) is 24.3 Å². The van der Waals surface area contributed by atoms with Gasteiger partial charge in [-0.3, -0.25) is 5.10 Å². The van der Waals surface area contributed by atoms with Crippen LogP contribution >= 0.6 is 0 Å². The van der Waals surface area contributed by atoms with Crippen molar-refractivity contribution in [2.75, 3.05) is 5.73 Å². The van der Waals surface area contributed by atoms with Gasteiger partial charge in [-0.2, -0.15) is 13.9 Å². The van der Waals surface area contributed by atoms with Gasteiger partial charge < -0.3 is 10.8 Å². The van der Waals surface area contributed by atoms with Gasteiger partial charge in [0.1, 0.15) is 0 Å². The molecule has 1 aromatic heterocycles. The van der Waals surface area contributed by atoms with Crippen molar-refractivity contribution < 1.29 is 23.1 Å². The van der Waals surface area contributed by atoms with Gasteiger partial charge in [-0.25, -0.2) is 14.2 Å². The molecule has 1 atom stereocenters. The Labute approximate surface area is 110 Å². The molecule has 1 unspecified atom stereocenters. The van der Waals surface area contributed by atoms with Crippen molar-refractivity contribution in [3.05, 3.63) is 30.1 Å². The highest BCUT2D eigenvalue weighted by Gasteiger charge is 2.51. The van der Waals surface area contributed by atoms with Crippen LogP contribution in [0.15, 0.2) is 24.3 Å². The Balaban J connectivity index is 2.29. The first kappa shape index (κ1) is 13.8. The number of H-pyrrole nitrogens is 1. The maximum atomic E-state index is 13.5. The summed E-state index contributed by atoms with van der Waals surface area (Å²) in [5.41, 5.74) is 6.38. The number of hydrogen-bond donors (Lipinski definition) is 3. The number of halogens is 3. The van der Waals surface area contributed by atoms with Crippen LogP contribution in [0.2, 0.25) is 0 Å². The third-order valence-electron chi connectivity index (χ3n) is 2.52. The molecule has 2 aromatic rings. The maximum Gasteiger partial charge on any atom is 0.380 e. The molecule has 106 valence electrons. The zero-order valence-electron chi connectivity index (χ0n) is 9.85. The Hall–Kier alpha value is -2.58. The summed E-state index contributed by atoms with van der Waals surface area (Å²) in [5, 5.41) is 13.8. The van der Waals surface area contributed by atoms with Crippen molar-refractivity contribution in [1.82, 2.24) is 15.2 Å². The molecule has 0 aliphatic heterocycles. The molecule has 6 nitrogen and oxygen atoms in total. The van der Waals surface area contributed by atoms with Crippen molar-refractivity contribution >= 4 is 11.7 Å². The number of aromatic amines is 1. The summed E-state index contributed by atoms with van der Waals surface area (Å²) in [4.78, 5) is 13.8. The van der Waals surface area contributed by atoms with Crippen LogP contribution in [-0.2, 0) is 4.79 Å². The van der Waals surface area contributed by atoms with Crippen LogP contribution in [-0.4, -0.2) is 32.2 Å². The van der Waals surface area contributed by atoms with E-state index < -0.39 is 23.9 Å². The van der Waals surface area contributed by atoms with E-state index in [9.17, 15) is 18.0 Å². The topological polar surface area (TPSA) is 105 Å². The number of alkyl halides is 3. The lowest BCUT2D eigenvalue weighted by molar-refractivity contribution is -0.176. The molecule has 0 bridgehead atoms. The Bertz CT molecular complexity index is 627. The zero-order valence-corrected chi connectivity index (χ0v) is 9.85. The minimum atomic E-state index is -4.59. The second-order valence-electron chi connectivity index (χ2n) is 3.96. The second kappa shape index (κ2) is 4.83. The van der Waals surface area contributed by atoms with Crippen LogP contribution in [0.5, 0.6) is 0 Å². The second-order valence-corrected chi connectivity index (χ2v) is 3.96. The van der Waals surface area contributed by atoms with Gasteiger partial charge in [0.15, 0.2) is 11.6 Å². The summed E-state index contributed by atoms with van der Waals surface area (Å²) in [5.74, 6) is -8.05. The van der Waals surface area contributed by atoms with Gasteiger partial charge in [0.2, 0.25) is 6.17 Å². The molecule has 9 heteroatoms. The van der Waals surface area contributed by atoms with E-state index in [1.807, 2.05) is 5.10 Å². The van der Waals surface area contributed by atoms with E-state index in [0.717, 1.165) is 0 Å². The quantitative estimate of drug-likeness (QED) is 0.743. The smallest absolute Gasteiger partial charge is 0.380 e. The summed E-state index contributed by atoms with van der Waals surface area (Å²) in [6, 6.07) is 6.10. The third kappa shape index (κ3) is 2.42. The molecule has 0 aliphatic carbocycles. The van der Waals surface area contributed by atoms with E-state index in [0.29, 0.717) is 11.3 Å². The molecule has 0 radical (unpaired) electrons. The van der Waals surface area contributed by atoms with Crippen molar-refractivity contribution in [3.8, 4) is 11.4 Å². The number of carboxylic acid groups (broad SMARTS) is 1. The third-order valence-corrected chi connectivity index (χ3v) is 2.52. The standard InChI is InChI=1S/C11H9F3N4O2/c12-7(11(13,14)10(19)20)9-16-8(17-18-9)5-1-3-6(15)4-2-5/h1-4,7H,15H2,(H,19,20)(H,16,17,18). The zero-order chi connectivity index (χ0) is 14.9. The van der Waals surface area contributed by atoms with Crippen LogP contribution in [0.4, 0.5) is 18.9 Å². The molecule has 1 aromatic carbocycles. The largest absolute Gasteiger partial charge is 0.477 e. The first-order valence-electron chi connectivity index (χ1n) is 5.36. The molecule has 20 heavy (non-hydrogen) atoms. The first-order valence-corrected chi connectivity index (χ1v) is 5.36. The molecule has 2 rings (SSSR count). The number of nitrogens with two attached hydrogens (primary N) is 1. The fourth-order valence-electron chi connectivity index (χ4n) is 1.43. The lowest BCUT2D eigenvalue weighted by Gasteiger charge is -2.13. The van der Waals surface area contributed by atoms with Gasteiger partial charge in [0.05, 0.1) is 0 Å². The van der Waals surface area contributed by atoms with E-state index in [-0.39, 0.29) is 5.82 Å². The summed E-state index contributed by atoms with van der Waals surface area (Å²) >= 11 is 0. The molecular formula is C11H9F3N4O2. The van der Waals surface area contributed by atoms with Crippen molar-refractivity contribution in [3.63, 3.8) is 0 Å². The first-order chi connectivity index (χ1) is 9.32. The number of anilines is 1. The van der Waals surface area contributed by atoms with Gasteiger partial charge in [-0.05, 0) is 24.3 Å². The van der Waals surface area contributed by atoms with Crippen LogP contribution in [0.3, 0.4) is 0 Å². The number of carbonyl (C=O) groups is 1. The number of carboxylic acids is 1. The van der Waals surface area contributed by atoms with Gasteiger partial charge in [-0.1, -0.05) is 0 Å². The van der Waals surface area contributed by atoms with Crippen molar-refractivity contribution in [2.45, 2.75) is 12.1 Å². The number of benzene rings is 1. The normalized spacial score (nSPS) is 13.2. The Kier molecular flexibility index (Phi) is 3.35. The Morgan fingerprint density at radius 2 is 1.95 bits per heavy atom. The average molecular weight is 286 g/mol. The molecule has 0 saturated carbocycles. The van der Waals surface area contributed by atoms with E-state index in [2.05, 4.69) is 10.1 Å². The van der Waals surface area contributed by atoms with Gasteiger partial charge in [0, 0.05) is 11.3 Å². The number of hydrogen-bond acceptors (Lipinski definition) is 4. The van der Waals surface area contributed by atoms with Crippen LogP contribution < -0.4 is 5.73 Å².